The lowest BCUT2D eigenvalue weighted by Crippen LogP contribution is -2.70. The molecule has 3 nitrogen and oxygen atoms in total. The standard InChI is InChI=1S/C17H28N2O/c1-2-3-17(18)9-19(10-17)16(20)15-13-5-11-4-12(7-13)8-14(15)6-11/h11-15H,2-10,18H2,1H3. The van der Waals surface area contributed by atoms with E-state index in [1.807, 2.05) is 0 Å². The van der Waals surface area contributed by atoms with Crippen molar-refractivity contribution >= 4 is 5.91 Å². The van der Waals surface area contributed by atoms with Crippen LogP contribution in [0.15, 0.2) is 0 Å². The largest absolute Gasteiger partial charge is 0.339 e. The van der Waals surface area contributed by atoms with Crippen LogP contribution < -0.4 is 5.73 Å². The zero-order chi connectivity index (χ0) is 13.9. The highest BCUT2D eigenvalue weighted by molar-refractivity contribution is 5.81. The molecule has 4 bridgehead atoms. The van der Waals surface area contributed by atoms with E-state index >= 15 is 0 Å². The van der Waals surface area contributed by atoms with Crippen LogP contribution >= 0.6 is 0 Å². The summed E-state index contributed by atoms with van der Waals surface area (Å²) in [5, 5.41) is 0. The molecular weight excluding hydrogens is 248 g/mol. The number of nitrogens with zero attached hydrogens (tertiary/aromatic N) is 1. The SMILES string of the molecule is CCCC1(N)CN(C(=O)C2C3CC4CC(C3)CC2C4)C1. The second-order valence-corrected chi connectivity index (χ2v) is 8.26. The summed E-state index contributed by atoms with van der Waals surface area (Å²) in [6.45, 7) is 3.79. The van der Waals surface area contributed by atoms with Gasteiger partial charge in [0.25, 0.3) is 0 Å². The molecule has 3 heteroatoms. The van der Waals surface area contributed by atoms with Crippen LogP contribution in [-0.4, -0.2) is 29.4 Å². The van der Waals surface area contributed by atoms with Gasteiger partial charge in [0.1, 0.15) is 0 Å². The predicted octanol–water partition coefficient (Wildman–Crippen LogP) is 2.40. The maximum atomic E-state index is 12.9. The Kier molecular flexibility index (Phi) is 2.93. The highest BCUT2D eigenvalue weighted by atomic mass is 16.2. The van der Waals surface area contributed by atoms with Crippen LogP contribution in [0.25, 0.3) is 0 Å². The fourth-order valence-corrected chi connectivity index (χ4v) is 6.06. The average Bonchev–Trinajstić information content (AvgIpc) is 2.34. The van der Waals surface area contributed by atoms with Gasteiger partial charge in [0.15, 0.2) is 0 Å². The molecule has 0 radical (unpaired) electrons. The molecule has 1 saturated heterocycles. The van der Waals surface area contributed by atoms with Gasteiger partial charge in [-0.15, -0.1) is 0 Å². The Labute approximate surface area is 122 Å². The number of nitrogens with two attached hydrogens (primary N) is 1. The molecule has 4 saturated carbocycles. The van der Waals surface area contributed by atoms with Gasteiger partial charge in [0.2, 0.25) is 5.91 Å². The molecule has 112 valence electrons. The normalized spacial score (nSPS) is 44.5. The van der Waals surface area contributed by atoms with Crippen molar-refractivity contribution in [1.29, 1.82) is 0 Å². The average molecular weight is 276 g/mol. The lowest BCUT2D eigenvalue weighted by molar-refractivity contribution is -0.156. The van der Waals surface area contributed by atoms with E-state index in [9.17, 15) is 4.79 Å². The highest BCUT2D eigenvalue weighted by Crippen LogP contribution is 2.57. The van der Waals surface area contributed by atoms with Gasteiger partial charge >= 0.3 is 0 Å². The van der Waals surface area contributed by atoms with Gasteiger partial charge in [-0.05, 0) is 62.2 Å². The molecule has 2 N–H and O–H groups in total. The van der Waals surface area contributed by atoms with Crippen LogP contribution in [0, 0.1) is 29.6 Å². The van der Waals surface area contributed by atoms with Crippen LogP contribution in [0.1, 0.15) is 51.9 Å². The minimum Gasteiger partial charge on any atom is -0.339 e. The second kappa shape index (κ2) is 4.46. The third-order valence-corrected chi connectivity index (χ3v) is 6.58. The van der Waals surface area contributed by atoms with Gasteiger partial charge in [0, 0.05) is 19.0 Å². The molecular formula is C17H28N2O. The number of rotatable bonds is 3. The summed E-state index contributed by atoms with van der Waals surface area (Å²) < 4.78 is 0. The quantitative estimate of drug-likeness (QED) is 0.860. The van der Waals surface area contributed by atoms with Crippen molar-refractivity contribution in [3.8, 4) is 0 Å². The van der Waals surface area contributed by atoms with E-state index < -0.39 is 0 Å². The van der Waals surface area contributed by atoms with Gasteiger partial charge < -0.3 is 10.6 Å². The summed E-state index contributed by atoms with van der Waals surface area (Å²) in [4.78, 5) is 14.9. The van der Waals surface area contributed by atoms with Crippen molar-refractivity contribution in [3.63, 3.8) is 0 Å². The minimum absolute atomic E-state index is 0.0731. The van der Waals surface area contributed by atoms with Crippen LogP contribution in [0.5, 0.6) is 0 Å². The maximum absolute atomic E-state index is 12.9. The maximum Gasteiger partial charge on any atom is 0.226 e. The van der Waals surface area contributed by atoms with E-state index in [0.29, 0.717) is 23.7 Å². The van der Waals surface area contributed by atoms with Crippen LogP contribution in [0.4, 0.5) is 0 Å². The molecule has 0 aromatic heterocycles. The molecule has 1 heterocycles. The Balaban J connectivity index is 1.43. The molecule has 5 aliphatic rings. The van der Waals surface area contributed by atoms with Gasteiger partial charge in [0.05, 0.1) is 5.54 Å². The Morgan fingerprint density at radius 3 is 2.15 bits per heavy atom. The smallest absolute Gasteiger partial charge is 0.226 e. The first-order chi connectivity index (χ1) is 9.58. The fraction of sp³-hybridized carbons (Fsp3) is 0.941. The van der Waals surface area contributed by atoms with Gasteiger partial charge in [-0.25, -0.2) is 0 Å². The van der Waals surface area contributed by atoms with Gasteiger partial charge in [-0.1, -0.05) is 13.3 Å². The summed E-state index contributed by atoms with van der Waals surface area (Å²) in [5.74, 6) is 4.12. The summed E-state index contributed by atoms with van der Waals surface area (Å²) in [6, 6.07) is 0. The van der Waals surface area contributed by atoms with Crippen LogP contribution in [-0.2, 0) is 4.79 Å². The van der Waals surface area contributed by atoms with E-state index in [1.54, 1.807) is 0 Å². The molecule has 20 heavy (non-hydrogen) atoms. The third-order valence-electron chi connectivity index (χ3n) is 6.58. The Morgan fingerprint density at radius 1 is 1.10 bits per heavy atom. The van der Waals surface area contributed by atoms with Crippen LogP contribution in [0.3, 0.4) is 0 Å². The molecule has 5 rings (SSSR count). The molecule has 1 amide bonds. The molecule has 4 aliphatic carbocycles. The Bertz CT molecular complexity index is 385. The van der Waals surface area contributed by atoms with E-state index in [4.69, 9.17) is 5.73 Å². The minimum atomic E-state index is -0.0731. The molecule has 0 spiro atoms. The monoisotopic (exact) mass is 276 g/mol. The zero-order valence-corrected chi connectivity index (χ0v) is 12.7. The molecule has 1 aliphatic heterocycles. The van der Waals surface area contributed by atoms with Crippen molar-refractivity contribution in [3.05, 3.63) is 0 Å². The van der Waals surface area contributed by atoms with Crippen molar-refractivity contribution in [2.45, 2.75) is 57.4 Å². The number of likely N-dealkylation sites (tertiary alicyclic amines) is 1. The van der Waals surface area contributed by atoms with E-state index in [0.717, 1.165) is 37.8 Å². The van der Waals surface area contributed by atoms with Crippen molar-refractivity contribution in [2.75, 3.05) is 13.1 Å². The van der Waals surface area contributed by atoms with Gasteiger partial charge in [-0.2, -0.15) is 0 Å². The Morgan fingerprint density at radius 2 is 1.65 bits per heavy atom. The number of carbonyl (C=O) groups excluding carboxylic acids is 1. The number of carbonyl (C=O) groups is 1. The van der Waals surface area contributed by atoms with E-state index in [-0.39, 0.29) is 5.54 Å². The Hall–Kier alpha value is -0.570. The van der Waals surface area contributed by atoms with Crippen LogP contribution in [0.2, 0.25) is 0 Å². The first-order valence-electron chi connectivity index (χ1n) is 8.65. The van der Waals surface area contributed by atoms with Crippen molar-refractivity contribution in [2.24, 2.45) is 35.3 Å². The third kappa shape index (κ3) is 1.93. The second-order valence-electron chi connectivity index (χ2n) is 8.26. The molecule has 0 unspecified atom stereocenters. The zero-order valence-electron chi connectivity index (χ0n) is 12.7. The lowest BCUT2D eigenvalue weighted by atomic mass is 9.51. The van der Waals surface area contributed by atoms with Crippen molar-refractivity contribution < 1.29 is 4.79 Å². The molecule has 0 aromatic rings. The predicted molar refractivity (Wildman–Crippen MR) is 78.9 cm³/mol. The summed E-state index contributed by atoms with van der Waals surface area (Å²) in [7, 11) is 0. The number of hydrogen-bond acceptors (Lipinski definition) is 2. The summed E-state index contributed by atoms with van der Waals surface area (Å²) in [5.41, 5.74) is 6.25. The van der Waals surface area contributed by atoms with E-state index in [2.05, 4.69) is 11.8 Å². The first-order valence-corrected chi connectivity index (χ1v) is 8.65. The van der Waals surface area contributed by atoms with Gasteiger partial charge in [-0.3, -0.25) is 4.79 Å². The molecule has 0 atom stereocenters. The number of hydrogen-bond donors (Lipinski definition) is 1. The topological polar surface area (TPSA) is 46.3 Å². The van der Waals surface area contributed by atoms with E-state index in [1.165, 1.54) is 32.1 Å². The summed E-state index contributed by atoms with van der Waals surface area (Å²) >= 11 is 0. The molecule has 0 aromatic carbocycles. The highest BCUT2D eigenvalue weighted by Gasteiger charge is 2.53. The lowest BCUT2D eigenvalue weighted by Gasteiger charge is -2.56. The number of amides is 1. The van der Waals surface area contributed by atoms with Crippen molar-refractivity contribution in [1.82, 2.24) is 4.90 Å². The molecule has 5 fully saturated rings. The first kappa shape index (κ1) is 13.1. The summed E-state index contributed by atoms with van der Waals surface area (Å²) in [6.07, 6.45) is 8.97. The fourth-order valence-electron chi connectivity index (χ4n) is 6.06.